The molecule has 1 aromatic carbocycles. The summed E-state index contributed by atoms with van der Waals surface area (Å²) in [5, 5.41) is 7.56. The third kappa shape index (κ3) is 6.59. The molecule has 1 fully saturated rings. The van der Waals surface area contributed by atoms with Crippen molar-refractivity contribution in [1.29, 1.82) is 0 Å². The molecule has 0 bridgehead atoms. The number of hydrogen-bond donors (Lipinski definition) is 2. The maximum Gasteiger partial charge on any atom is 0.295 e. The minimum Gasteiger partial charge on any atom is -0.494 e. The molecule has 0 aliphatic carbocycles. The van der Waals surface area contributed by atoms with Crippen molar-refractivity contribution in [1.82, 2.24) is 39.8 Å². The van der Waals surface area contributed by atoms with Crippen LogP contribution in [0.25, 0.3) is 16.7 Å². The lowest BCUT2D eigenvalue weighted by atomic mass is 10.1. The number of amides is 3. The number of carbonyl (C=O) groups excluding carboxylic acids is 4. The number of piperazine rings is 1. The monoisotopic (exact) mass is 602 g/mol. The molecule has 3 aromatic heterocycles. The molecule has 14 heteroatoms. The van der Waals surface area contributed by atoms with E-state index >= 15 is 0 Å². The molecule has 230 valence electrons. The molecule has 3 amide bonds. The number of fused-ring (bicyclic) bond motifs is 1. The Kier molecular flexibility index (Phi) is 9.59. The Morgan fingerprint density at radius 1 is 1.00 bits per heavy atom. The fourth-order valence-corrected chi connectivity index (χ4v) is 4.90. The van der Waals surface area contributed by atoms with E-state index in [1.54, 1.807) is 29.2 Å². The highest BCUT2D eigenvalue weighted by molar-refractivity contribution is 6.45. The zero-order valence-corrected chi connectivity index (χ0v) is 24.6. The van der Waals surface area contributed by atoms with Gasteiger partial charge in [-0.05, 0) is 18.6 Å². The Morgan fingerprint density at radius 3 is 2.48 bits per heavy atom. The minimum absolute atomic E-state index is 0.110. The number of ketones is 1. The summed E-state index contributed by atoms with van der Waals surface area (Å²) in [6.45, 7) is 4.18. The molecule has 2 N–H and O–H groups in total. The van der Waals surface area contributed by atoms with E-state index < -0.39 is 11.7 Å². The van der Waals surface area contributed by atoms with E-state index in [9.17, 15) is 19.2 Å². The van der Waals surface area contributed by atoms with Crippen LogP contribution in [0.15, 0.2) is 49.1 Å². The summed E-state index contributed by atoms with van der Waals surface area (Å²) in [6, 6.07) is 8.95. The average molecular weight is 603 g/mol. The van der Waals surface area contributed by atoms with Crippen LogP contribution in [0, 0.1) is 0 Å². The van der Waals surface area contributed by atoms with Crippen LogP contribution in [-0.4, -0.2) is 105 Å². The van der Waals surface area contributed by atoms with Gasteiger partial charge in [0, 0.05) is 51.0 Å². The Morgan fingerprint density at radius 2 is 1.75 bits per heavy atom. The molecule has 0 spiro atoms. The lowest BCUT2D eigenvalue weighted by Gasteiger charge is -2.34. The van der Waals surface area contributed by atoms with Gasteiger partial charge in [-0.15, -0.1) is 5.10 Å². The third-order valence-corrected chi connectivity index (χ3v) is 7.21. The van der Waals surface area contributed by atoms with Gasteiger partial charge in [0.05, 0.1) is 42.9 Å². The average Bonchev–Trinajstić information content (AvgIpc) is 3.73. The maximum atomic E-state index is 13.5. The van der Waals surface area contributed by atoms with Crippen LogP contribution in [-0.2, 0) is 20.9 Å². The van der Waals surface area contributed by atoms with E-state index in [2.05, 4.69) is 25.4 Å². The molecule has 0 saturated carbocycles. The second-order valence-electron chi connectivity index (χ2n) is 10.1. The number of nitrogens with one attached hydrogen (secondary N) is 2. The van der Waals surface area contributed by atoms with Crippen molar-refractivity contribution in [3.63, 3.8) is 0 Å². The fraction of sp³-hybridized carbons (Fsp3) is 0.367. The molecule has 1 aliphatic heterocycles. The number of methoxy groups -OCH3 is 1. The predicted molar refractivity (Wildman–Crippen MR) is 158 cm³/mol. The van der Waals surface area contributed by atoms with Crippen molar-refractivity contribution in [2.45, 2.75) is 26.3 Å². The second kappa shape index (κ2) is 13.9. The highest BCUT2D eigenvalue weighted by atomic mass is 16.5. The first-order valence-corrected chi connectivity index (χ1v) is 14.4. The first kappa shape index (κ1) is 30.4. The van der Waals surface area contributed by atoms with Gasteiger partial charge in [-0.1, -0.05) is 25.1 Å². The highest BCUT2D eigenvalue weighted by Gasteiger charge is 2.31. The molecule has 14 nitrogen and oxygen atoms in total. The van der Waals surface area contributed by atoms with Gasteiger partial charge in [-0.25, -0.2) is 14.6 Å². The standard InChI is InChI=1S/C30H34N8O6/c1-3-14-44-15-9-24(39)31-18-23-34-19-38(35-23)28-26-25(22(43-2)17-33-28)21(16-32-26)27(40)30(42)37-12-10-36(11-13-37)29(41)20-7-5-4-6-8-20/h4-8,16-17,19,32H,3,9-15,18H2,1-2H3,(H,31,39). The second-order valence-corrected chi connectivity index (χ2v) is 10.1. The minimum atomic E-state index is -0.709. The molecular formula is C30H34N8O6. The summed E-state index contributed by atoms with van der Waals surface area (Å²) in [5.41, 5.74) is 1.13. The molecule has 1 saturated heterocycles. The molecular weight excluding hydrogens is 568 g/mol. The molecule has 5 rings (SSSR count). The van der Waals surface area contributed by atoms with Crippen LogP contribution in [0.2, 0.25) is 0 Å². The maximum absolute atomic E-state index is 13.5. The lowest BCUT2D eigenvalue weighted by Crippen LogP contribution is -2.52. The van der Waals surface area contributed by atoms with Crippen molar-refractivity contribution < 1.29 is 28.7 Å². The summed E-state index contributed by atoms with van der Waals surface area (Å²) in [5.74, 6) is -0.668. The molecule has 0 radical (unpaired) electrons. The number of Topliss-reactive ketones (excluding diaryl/α,β-unsaturated/α-hetero) is 1. The van der Waals surface area contributed by atoms with Crippen LogP contribution in [0.3, 0.4) is 0 Å². The number of nitrogens with zero attached hydrogens (tertiary/aromatic N) is 6. The van der Waals surface area contributed by atoms with Gasteiger partial charge in [0.15, 0.2) is 11.6 Å². The molecule has 4 aromatic rings. The largest absolute Gasteiger partial charge is 0.494 e. The molecule has 4 heterocycles. The van der Waals surface area contributed by atoms with Gasteiger partial charge in [-0.3, -0.25) is 19.2 Å². The number of rotatable bonds is 12. The summed E-state index contributed by atoms with van der Waals surface area (Å²) < 4.78 is 12.2. The fourth-order valence-electron chi connectivity index (χ4n) is 4.90. The number of pyridine rings is 1. The van der Waals surface area contributed by atoms with Gasteiger partial charge in [0.25, 0.3) is 17.6 Å². The van der Waals surface area contributed by atoms with E-state index in [-0.39, 0.29) is 43.4 Å². The first-order valence-electron chi connectivity index (χ1n) is 14.4. The molecule has 0 unspecified atom stereocenters. The Balaban J connectivity index is 1.27. The predicted octanol–water partition coefficient (Wildman–Crippen LogP) is 1.75. The number of aromatic nitrogens is 5. The summed E-state index contributed by atoms with van der Waals surface area (Å²) in [4.78, 5) is 66.5. The Hall–Kier alpha value is -5.11. The third-order valence-electron chi connectivity index (χ3n) is 7.21. The summed E-state index contributed by atoms with van der Waals surface area (Å²) in [6.07, 6.45) is 5.47. The molecule has 44 heavy (non-hydrogen) atoms. The van der Waals surface area contributed by atoms with Gasteiger partial charge in [0.1, 0.15) is 12.1 Å². The van der Waals surface area contributed by atoms with Gasteiger partial charge >= 0.3 is 0 Å². The van der Waals surface area contributed by atoms with E-state index in [4.69, 9.17) is 9.47 Å². The smallest absolute Gasteiger partial charge is 0.295 e. The van der Waals surface area contributed by atoms with Crippen molar-refractivity contribution in [2.24, 2.45) is 0 Å². The number of ether oxygens (including phenoxy) is 2. The summed E-state index contributed by atoms with van der Waals surface area (Å²) in [7, 11) is 1.45. The quantitative estimate of drug-likeness (QED) is 0.140. The van der Waals surface area contributed by atoms with Crippen LogP contribution in [0.5, 0.6) is 5.75 Å². The number of H-pyrrole nitrogens is 1. The van der Waals surface area contributed by atoms with E-state index in [0.717, 1.165) is 6.42 Å². The normalized spacial score (nSPS) is 13.2. The van der Waals surface area contributed by atoms with Crippen molar-refractivity contribution in [3.8, 4) is 11.6 Å². The van der Waals surface area contributed by atoms with Crippen LogP contribution < -0.4 is 10.1 Å². The molecule has 0 atom stereocenters. The Labute approximate surface area is 253 Å². The number of hydrogen-bond acceptors (Lipinski definition) is 9. The first-order chi connectivity index (χ1) is 21.4. The Bertz CT molecular complexity index is 1640. The SMILES string of the molecule is CCCOCCC(=O)NCc1ncn(-c2ncc(OC)c3c(C(=O)C(=O)N4CCN(C(=O)c5ccccc5)CC4)c[nH]c23)n1. The zero-order valence-electron chi connectivity index (χ0n) is 24.6. The van der Waals surface area contributed by atoms with Crippen molar-refractivity contribution in [2.75, 3.05) is 46.5 Å². The van der Waals surface area contributed by atoms with Crippen LogP contribution >= 0.6 is 0 Å². The van der Waals surface area contributed by atoms with Gasteiger partial charge in [-0.2, -0.15) is 0 Å². The van der Waals surface area contributed by atoms with E-state index in [1.165, 1.54) is 35.4 Å². The van der Waals surface area contributed by atoms with E-state index in [0.29, 0.717) is 60.2 Å². The van der Waals surface area contributed by atoms with Crippen molar-refractivity contribution >= 4 is 34.4 Å². The van der Waals surface area contributed by atoms with Gasteiger partial charge < -0.3 is 29.6 Å². The number of aromatic amines is 1. The summed E-state index contributed by atoms with van der Waals surface area (Å²) >= 11 is 0. The zero-order chi connectivity index (χ0) is 31.1. The van der Waals surface area contributed by atoms with Crippen LogP contribution in [0.1, 0.15) is 46.3 Å². The number of benzene rings is 1. The number of carbonyl (C=O) groups is 4. The van der Waals surface area contributed by atoms with E-state index in [1.807, 2.05) is 13.0 Å². The van der Waals surface area contributed by atoms with Crippen molar-refractivity contribution in [3.05, 3.63) is 66.0 Å². The lowest BCUT2D eigenvalue weighted by molar-refractivity contribution is -0.127. The van der Waals surface area contributed by atoms with Gasteiger partial charge in [0.2, 0.25) is 5.91 Å². The van der Waals surface area contributed by atoms with Crippen LogP contribution in [0.4, 0.5) is 0 Å². The topological polar surface area (TPSA) is 165 Å². The highest BCUT2D eigenvalue weighted by Crippen LogP contribution is 2.32. The molecule has 1 aliphatic rings.